The molecule has 0 unspecified atom stereocenters. The van der Waals surface area contributed by atoms with E-state index in [0.717, 1.165) is 22.3 Å². The average molecular weight is 356 g/mol. The molecular weight excluding hydrogens is 342 g/mol. The van der Waals surface area contributed by atoms with Gasteiger partial charge in [-0.15, -0.1) is 11.8 Å². The zero-order valence-electron chi connectivity index (χ0n) is 10.8. The fourth-order valence-corrected chi connectivity index (χ4v) is 2.83. The molecule has 0 amide bonds. The zero-order valence-corrected chi connectivity index (χ0v) is 13.2. The molecule has 20 heavy (non-hydrogen) atoms. The number of nitrogens with two attached hydrogens (primary N) is 1. The lowest BCUT2D eigenvalue weighted by atomic mass is 10.3. The number of aromatic nitrogens is 2. The molecule has 0 aliphatic heterocycles. The first-order valence-corrected chi connectivity index (χ1v) is 7.83. The van der Waals surface area contributed by atoms with Crippen molar-refractivity contribution in [3.63, 3.8) is 0 Å². The molecule has 0 aliphatic carbocycles. The van der Waals surface area contributed by atoms with Crippen molar-refractivity contribution >= 4 is 39.5 Å². The van der Waals surface area contributed by atoms with Crippen LogP contribution in [-0.4, -0.2) is 26.6 Å². The molecule has 1 aromatic carbocycles. The van der Waals surface area contributed by atoms with Crippen molar-refractivity contribution in [1.82, 2.24) is 9.78 Å². The Labute approximate surface area is 129 Å². The molecule has 0 radical (unpaired) electrons. The van der Waals surface area contributed by atoms with Crippen LogP contribution in [0.2, 0.25) is 0 Å². The van der Waals surface area contributed by atoms with Gasteiger partial charge in [0, 0.05) is 4.47 Å². The molecule has 0 saturated carbocycles. The highest BCUT2D eigenvalue weighted by molar-refractivity contribution is 9.10. The van der Waals surface area contributed by atoms with Gasteiger partial charge in [-0.1, -0.05) is 22.9 Å². The van der Waals surface area contributed by atoms with E-state index in [4.69, 9.17) is 5.73 Å². The van der Waals surface area contributed by atoms with Crippen LogP contribution in [0.4, 0.5) is 5.82 Å². The zero-order chi connectivity index (χ0) is 14.7. The molecule has 0 atom stereocenters. The highest BCUT2D eigenvalue weighted by Gasteiger charge is 2.22. The second-order valence-corrected chi connectivity index (χ2v) is 6.11. The van der Waals surface area contributed by atoms with Crippen LogP contribution in [0.1, 0.15) is 23.7 Å². The van der Waals surface area contributed by atoms with Crippen LogP contribution in [0.3, 0.4) is 0 Å². The number of thioether (sulfide) groups is 1. The lowest BCUT2D eigenvalue weighted by Crippen LogP contribution is -2.05. The molecule has 0 saturated heterocycles. The molecule has 7 heteroatoms. The monoisotopic (exact) mass is 355 g/mol. The summed E-state index contributed by atoms with van der Waals surface area (Å²) in [6.07, 6.45) is 0.939. The summed E-state index contributed by atoms with van der Waals surface area (Å²) >= 11 is 4.76. The van der Waals surface area contributed by atoms with Crippen LogP contribution >= 0.6 is 27.7 Å². The van der Waals surface area contributed by atoms with E-state index in [-0.39, 0.29) is 11.4 Å². The number of nitrogens with zero attached hydrogens (tertiary/aromatic N) is 2. The molecule has 0 bridgehead atoms. The topological polar surface area (TPSA) is 81.1 Å². The van der Waals surface area contributed by atoms with Crippen molar-refractivity contribution in [2.24, 2.45) is 0 Å². The number of carboxylic acid groups (broad SMARTS) is 1. The Morgan fingerprint density at radius 2 is 2.10 bits per heavy atom. The van der Waals surface area contributed by atoms with Gasteiger partial charge in [-0.25, -0.2) is 9.48 Å². The van der Waals surface area contributed by atoms with Crippen LogP contribution in [0, 0.1) is 0 Å². The SMILES string of the molecule is CCCSc1nn(-c2ccc(Br)cc2)c(N)c1C(=O)O. The van der Waals surface area contributed by atoms with Crippen molar-refractivity contribution in [2.45, 2.75) is 18.4 Å². The van der Waals surface area contributed by atoms with E-state index in [2.05, 4.69) is 21.0 Å². The van der Waals surface area contributed by atoms with Gasteiger partial charge in [0.15, 0.2) is 0 Å². The maximum Gasteiger partial charge on any atom is 0.342 e. The number of aromatic carboxylic acids is 1. The summed E-state index contributed by atoms with van der Waals surface area (Å²) in [4.78, 5) is 11.4. The highest BCUT2D eigenvalue weighted by Crippen LogP contribution is 2.29. The van der Waals surface area contributed by atoms with Gasteiger partial charge >= 0.3 is 5.97 Å². The maximum atomic E-state index is 11.4. The Balaban J connectivity index is 2.48. The molecular formula is C13H14BrN3O2S. The number of anilines is 1. The van der Waals surface area contributed by atoms with Crippen LogP contribution in [-0.2, 0) is 0 Å². The Morgan fingerprint density at radius 3 is 2.65 bits per heavy atom. The van der Waals surface area contributed by atoms with Gasteiger partial charge in [-0.05, 0) is 36.4 Å². The third-order valence-electron chi connectivity index (χ3n) is 2.62. The fraction of sp³-hybridized carbons (Fsp3) is 0.231. The summed E-state index contributed by atoms with van der Waals surface area (Å²) in [5, 5.41) is 14.1. The first-order valence-electron chi connectivity index (χ1n) is 6.05. The standard InChI is InChI=1S/C13H14BrN3O2S/c1-2-7-20-12-10(13(18)19)11(15)17(16-12)9-5-3-8(14)4-6-9/h3-6H,2,7,15H2,1H3,(H,18,19). The van der Waals surface area contributed by atoms with E-state index in [1.54, 1.807) is 0 Å². The van der Waals surface area contributed by atoms with Crippen molar-refractivity contribution in [1.29, 1.82) is 0 Å². The summed E-state index contributed by atoms with van der Waals surface area (Å²) in [5.41, 5.74) is 6.75. The summed E-state index contributed by atoms with van der Waals surface area (Å²) in [7, 11) is 0. The molecule has 0 aliphatic rings. The Kier molecular flexibility index (Phi) is 4.72. The van der Waals surface area contributed by atoms with Gasteiger partial charge in [-0.2, -0.15) is 5.10 Å². The second kappa shape index (κ2) is 6.32. The van der Waals surface area contributed by atoms with E-state index in [0.29, 0.717) is 5.03 Å². The number of hydrogen-bond acceptors (Lipinski definition) is 4. The fourth-order valence-electron chi connectivity index (χ4n) is 1.69. The van der Waals surface area contributed by atoms with Gasteiger partial charge < -0.3 is 10.8 Å². The van der Waals surface area contributed by atoms with Gasteiger partial charge in [0.1, 0.15) is 16.4 Å². The number of hydrogen-bond donors (Lipinski definition) is 2. The summed E-state index contributed by atoms with van der Waals surface area (Å²) in [5.74, 6) is -0.0975. The summed E-state index contributed by atoms with van der Waals surface area (Å²) < 4.78 is 2.40. The lowest BCUT2D eigenvalue weighted by Gasteiger charge is -2.03. The van der Waals surface area contributed by atoms with Gasteiger partial charge in [0.2, 0.25) is 0 Å². The number of halogens is 1. The van der Waals surface area contributed by atoms with Crippen LogP contribution < -0.4 is 5.73 Å². The minimum absolute atomic E-state index is 0.0753. The largest absolute Gasteiger partial charge is 0.477 e. The minimum Gasteiger partial charge on any atom is -0.477 e. The van der Waals surface area contributed by atoms with Gasteiger partial charge in [0.05, 0.1) is 5.69 Å². The van der Waals surface area contributed by atoms with Gasteiger partial charge in [0.25, 0.3) is 0 Å². The molecule has 2 aromatic rings. The Bertz CT molecular complexity index is 625. The molecule has 106 valence electrons. The second-order valence-electron chi connectivity index (χ2n) is 4.11. The van der Waals surface area contributed by atoms with Gasteiger partial charge in [-0.3, -0.25) is 0 Å². The number of carboxylic acids is 1. The predicted molar refractivity (Wildman–Crippen MR) is 83.7 cm³/mol. The molecule has 0 spiro atoms. The van der Waals surface area contributed by atoms with Crippen molar-refractivity contribution < 1.29 is 9.90 Å². The molecule has 1 heterocycles. The van der Waals surface area contributed by atoms with Crippen molar-refractivity contribution in [3.8, 4) is 5.69 Å². The average Bonchev–Trinajstić information content (AvgIpc) is 2.74. The summed E-state index contributed by atoms with van der Waals surface area (Å²) in [6, 6.07) is 7.37. The quantitative estimate of drug-likeness (QED) is 0.803. The van der Waals surface area contributed by atoms with E-state index < -0.39 is 5.97 Å². The molecule has 2 rings (SSSR count). The lowest BCUT2D eigenvalue weighted by molar-refractivity contribution is 0.0694. The van der Waals surface area contributed by atoms with Crippen LogP contribution in [0.5, 0.6) is 0 Å². The number of benzene rings is 1. The molecule has 0 fully saturated rings. The van der Waals surface area contributed by atoms with E-state index in [1.165, 1.54) is 16.4 Å². The summed E-state index contributed by atoms with van der Waals surface area (Å²) in [6.45, 7) is 2.03. The molecule has 5 nitrogen and oxygen atoms in total. The van der Waals surface area contributed by atoms with E-state index >= 15 is 0 Å². The van der Waals surface area contributed by atoms with Crippen molar-refractivity contribution in [2.75, 3.05) is 11.5 Å². The third-order valence-corrected chi connectivity index (χ3v) is 4.32. The Morgan fingerprint density at radius 1 is 1.45 bits per heavy atom. The van der Waals surface area contributed by atoms with Crippen LogP contribution in [0.25, 0.3) is 5.69 Å². The van der Waals surface area contributed by atoms with E-state index in [9.17, 15) is 9.90 Å². The van der Waals surface area contributed by atoms with E-state index in [1.807, 2.05) is 31.2 Å². The number of carbonyl (C=O) groups is 1. The maximum absolute atomic E-state index is 11.4. The number of rotatable bonds is 5. The molecule has 3 N–H and O–H groups in total. The Hall–Kier alpha value is -1.47. The first-order chi connectivity index (χ1) is 9.54. The number of nitrogen functional groups attached to an aromatic ring is 1. The molecule has 1 aromatic heterocycles. The smallest absolute Gasteiger partial charge is 0.342 e. The van der Waals surface area contributed by atoms with Crippen LogP contribution in [0.15, 0.2) is 33.8 Å². The minimum atomic E-state index is -1.05. The normalized spacial score (nSPS) is 10.7. The predicted octanol–water partition coefficient (Wildman–Crippen LogP) is 3.42. The highest BCUT2D eigenvalue weighted by atomic mass is 79.9. The first kappa shape index (κ1) is 14.9. The van der Waals surface area contributed by atoms with Crippen molar-refractivity contribution in [3.05, 3.63) is 34.3 Å². The third kappa shape index (κ3) is 2.99.